The molecule has 0 unspecified atom stereocenters. The lowest BCUT2D eigenvalue weighted by molar-refractivity contribution is -0.131. The summed E-state index contributed by atoms with van der Waals surface area (Å²) in [6.07, 6.45) is 7.45. The minimum atomic E-state index is -0.995. The second-order valence-electron chi connectivity index (χ2n) is 2.59. The van der Waals surface area contributed by atoms with Crippen molar-refractivity contribution in [3.63, 3.8) is 0 Å². The lowest BCUT2D eigenvalue weighted by Gasteiger charge is -2.16. The van der Waals surface area contributed by atoms with Gasteiger partial charge in [-0.3, -0.25) is 0 Å². The summed E-state index contributed by atoms with van der Waals surface area (Å²) in [4.78, 5) is 10.00. The Labute approximate surface area is 66.1 Å². The highest BCUT2D eigenvalue weighted by molar-refractivity contribution is 5.79. The van der Waals surface area contributed by atoms with Gasteiger partial charge in [0.25, 0.3) is 0 Å². The van der Waals surface area contributed by atoms with E-state index < -0.39 is 11.5 Å². The van der Waals surface area contributed by atoms with Gasteiger partial charge in [0.1, 0.15) is 0 Å². The molecule has 0 atom stereocenters. The van der Waals surface area contributed by atoms with Crippen molar-refractivity contribution in [2.75, 3.05) is 0 Å². The van der Waals surface area contributed by atoms with Crippen molar-refractivity contribution < 1.29 is 9.90 Å². The molecule has 0 aromatic rings. The van der Waals surface area contributed by atoms with Crippen molar-refractivity contribution in [2.45, 2.75) is 19.4 Å². The molecular weight excluding hydrogens is 142 g/mol. The van der Waals surface area contributed by atoms with Gasteiger partial charge >= 0.3 is 5.97 Å². The van der Waals surface area contributed by atoms with Gasteiger partial charge in [-0.15, -0.1) is 6.42 Å². The molecule has 60 valence electrons. The molecule has 0 bridgehead atoms. The van der Waals surface area contributed by atoms with Crippen LogP contribution >= 0.6 is 0 Å². The van der Waals surface area contributed by atoms with Gasteiger partial charge in [0.05, 0.1) is 5.54 Å². The molecule has 0 rings (SSSR count). The van der Waals surface area contributed by atoms with Crippen LogP contribution in [0.25, 0.3) is 0 Å². The Hall–Kier alpha value is -1.43. The van der Waals surface area contributed by atoms with Gasteiger partial charge in [0.2, 0.25) is 0 Å². The van der Waals surface area contributed by atoms with Gasteiger partial charge in [-0.2, -0.15) is 0 Å². The minimum Gasteiger partial charge on any atom is -0.478 e. The summed E-state index contributed by atoms with van der Waals surface area (Å²) < 4.78 is 0. The van der Waals surface area contributed by atoms with Crippen LogP contribution in [0.3, 0.4) is 0 Å². The van der Waals surface area contributed by atoms with E-state index in [2.05, 4.69) is 11.2 Å². The predicted octanol–water partition coefficient (Wildman–Crippen LogP) is 0.586. The average molecular weight is 153 g/mol. The number of nitrogens with one attached hydrogen (secondary N) is 1. The van der Waals surface area contributed by atoms with Crippen molar-refractivity contribution in [3.8, 4) is 12.3 Å². The van der Waals surface area contributed by atoms with Crippen LogP contribution in [-0.2, 0) is 4.79 Å². The van der Waals surface area contributed by atoms with E-state index in [9.17, 15) is 4.79 Å². The molecule has 0 fully saturated rings. The molecule has 0 amide bonds. The van der Waals surface area contributed by atoms with Gasteiger partial charge < -0.3 is 10.4 Å². The third kappa shape index (κ3) is 5.04. The third-order valence-corrected chi connectivity index (χ3v) is 1.03. The Kier molecular flexibility index (Phi) is 3.19. The standard InChI is InChI=1S/C8H11NO2/c1-4-8(2,3)9-6-5-7(10)11/h1,5-6,9H,2-3H3,(H,10,11)/b6-5+. The summed E-state index contributed by atoms with van der Waals surface area (Å²) in [7, 11) is 0. The quantitative estimate of drug-likeness (QED) is 0.460. The summed E-state index contributed by atoms with van der Waals surface area (Å²) in [5.41, 5.74) is -0.494. The number of hydrogen-bond donors (Lipinski definition) is 2. The number of rotatable bonds is 3. The van der Waals surface area contributed by atoms with Crippen LogP contribution in [0.2, 0.25) is 0 Å². The van der Waals surface area contributed by atoms with E-state index in [1.54, 1.807) is 13.8 Å². The molecule has 3 nitrogen and oxygen atoms in total. The number of carbonyl (C=O) groups is 1. The number of aliphatic carboxylic acids is 1. The van der Waals surface area contributed by atoms with E-state index in [0.717, 1.165) is 6.08 Å². The number of carboxylic acid groups (broad SMARTS) is 1. The van der Waals surface area contributed by atoms with E-state index in [1.165, 1.54) is 6.20 Å². The fourth-order valence-corrected chi connectivity index (χ4v) is 0.363. The lowest BCUT2D eigenvalue weighted by atomic mass is 10.1. The zero-order chi connectivity index (χ0) is 8.91. The molecule has 0 aromatic heterocycles. The van der Waals surface area contributed by atoms with Gasteiger partial charge in [0, 0.05) is 12.3 Å². The van der Waals surface area contributed by atoms with Crippen molar-refractivity contribution >= 4 is 5.97 Å². The van der Waals surface area contributed by atoms with Crippen molar-refractivity contribution in [1.29, 1.82) is 0 Å². The fourth-order valence-electron chi connectivity index (χ4n) is 0.363. The Morgan fingerprint density at radius 3 is 2.64 bits per heavy atom. The first kappa shape index (κ1) is 9.57. The minimum absolute atomic E-state index is 0.494. The predicted molar refractivity (Wildman–Crippen MR) is 42.8 cm³/mol. The van der Waals surface area contributed by atoms with E-state index in [-0.39, 0.29) is 0 Å². The number of carboxylic acids is 1. The van der Waals surface area contributed by atoms with Crippen molar-refractivity contribution in [3.05, 3.63) is 12.3 Å². The summed E-state index contributed by atoms with van der Waals surface area (Å²) >= 11 is 0. The summed E-state index contributed by atoms with van der Waals surface area (Å²) in [5.74, 6) is 1.46. The number of terminal acetylenes is 1. The molecular formula is C8H11NO2. The first-order chi connectivity index (χ1) is 4.98. The van der Waals surface area contributed by atoms with Gasteiger partial charge in [-0.05, 0) is 13.8 Å². The highest BCUT2D eigenvalue weighted by Crippen LogP contribution is 1.97. The molecule has 0 aliphatic heterocycles. The maximum atomic E-state index is 10.00. The van der Waals surface area contributed by atoms with Crippen LogP contribution < -0.4 is 5.32 Å². The second-order valence-corrected chi connectivity index (χ2v) is 2.59. The van der Waals surface area contributed by atoms with E-state index >= 15 is 0 Å². The first-order valence-electron chi connectivity index (χ1n) is 3.13. The molecule has 11 heavy (non-hydrogen) atoms. The molecule has 0 heterocycles. The van der Waals surface area contributed by atoms with Crippen LogP contribution in [0.1, 0.15) is 13.8 Å². The fraction of sp³-hybridized carbons (Fsp3) is 0.375. The molecule has 2 N–H and O–H groups in total. The molecule has 3 heteroatoms. The molecule has 0 aromatic carbocycles. The van der Waals surface area contributed by atoms with Crippen LogP contribution in [-0.4, -0.2) is 16.6 Å². The summed E-state index contributed by atoms with van der Waals surface area (Å²) in [5, 5.41) is 10.9. The summed E-state index contributed by atoms with van der Waals surface area (Å²) in [6, 6.07) is 0. The van der Waals surface area contributed by atoms with Crippen LogP contribution in [0, 0.1) is 12.3 Å². The topological polar surface area (TPSA) is 49.3 Å². The zero-order valence-corrected chi connectivity index (χ0v) is 6.59. The second kappa shape index (κ2) is 3.67. The van der Waals surface area contributed by atoms with E-state index in [4.69, 9.17) is 11.5 Å². The Morgan fingerprint density at radius 1 is 1.73 bits per heavy atom. The van der Waals surface area contributed by atoms with Crippen molar-refractivity contribution in [2.24, 2.45) is 0 Å². The zero-order valence-electron chi connectivity index (χ0n) is 6.59. The Balaban J connectivity index is 3.90. The van der Waals surface area contributed by atoms with Crippen LogP contribution in [0.5, 0.6) is 0 Å². The molecule has 0 spiro atoms. The highest BCUT2D eigenvalue weighted by atomic mass is 16.4. The van der Waals surface area contributed by atoms with Crippen LogP contribution in [0.15, 0.2) is 12.3 Å². The van der Waals surface area contributed by atoms with E-state index in [1.807, 2.05) is 0 Å². The molecule has 0 radical (unpaired) electrons. The van der Waals surface area contributed by atoms with Gasteiger partial charge in [-0.1, -0.05) is 5.92 Å². The Morgan fingerprint density at radius 2 is 2.27 bits per heavy atom. The highest BCUT2D eigenvalue weighted by Gasteiger charge is 2.08. The maximum Gasteiger partial charge on any atom is 0.329 e. The molecule has 0 aliphatic rings. The van der Waals surface area contributed by atoms with Crippen molar-refractivity contribution in [1.82, 2.24) is 5.32 Å². The normalized spacial score (nSPS) is 11.0. The first-order valence-corrected chi connectivity index (χ1v) is 3.13. The lowest BCUT2D eigenvalue weighted by Crippen LogP contribution is -2.33. The van der Waals surface area contributed by atoms with Crippen LogP contribution in [0.4, 0.5) is 0 Å². The average Bonchev–Trinajstić information content (AvgIpc) is 1.87. The van der Waals surface area contributed by atoms with Gasteiger partial charge in [-0.25, -0.2) is 4.79 Å². The molecule has 0 saturated carbocycles. The largest absolute Gasteiger partial charge is 0.478 e. The smallest absolute Gasteiger partial charge is 0.329 e. The monoisotopic (exact) mass is 153 g/mol. The van der Waals surface area contributed by atoms with Gasteiger partial charge in [0.15, 0.2) is 0 Å². The molecule has 0 saturated heterocycles. The summed E-state index contributed by atoms with van der Waals surface area (Å²) in [6.45, 7) is 3.55. The number of hydrogen-bond acceptors (Lipinski definition) is 2. The maximum absolute atomic E-state index is 10.00. The Bertz CT molecular complexity index is 211. The molecule has 0 aliphatic carbocycles. The SMILES string of the molecule is C#CC(C)(C)N/C=C/C(=O)O. The van der Waals surface area contributed by atoms with E-state index in [0.29, 0.717) is 0 Å². The third-order valence-electron chi connectivity index (χ3n) is 1.03.